The van der Waals surface area contributed by atoms with Crippen molar-refractivity contribution >= 4 is 62.8 Å². The quantitative estimate of drug-likeness (QED) is 0.0994. The van der Waals surface area contributed by atoms with Gasteiger partial charge >= 0.3 is 0 Å². The average Bonchev–Trinajstić information content (AvgIpc) is 3.22. The number of pyridine rings is 5. The fourth-order valence-corrected chi connectivity index (χ4v) is 6.12. The molecule has 13 nitrogen and oxygen atoms in total. The van der Waals surface area contributed by atoms with Crippen LogP contribution in [0, 0.1) is 0 Å². The normalized spacial score (nSPS) is 11.1. The molecule has 53 heavy (non-hydrogen) atoms. The molecule has 0 atom stereocenters. The molecule has 0 radical (unpaired) electrons. The first-order valence-corrected chi connectivity index (χ1v) is 17.2. The lowest BCUT2D eigenvalue weighted by atomic mass is 10.1. The lowest BCUT2D eigenvalue weighted by Gasteiger charge is -2.25. The van der Waals surface area contributed by atoms with Crippen molar-refractivity contribution in [2.24, 2.45) is 0 Å². The maximum atomic E-state index is 13.5. The van der Waals surface area contributed by atoms with Gasteiger partial charge in [0.2, 0.25) is 17.8 Å². The minimum atomic E-state index is 0.000186. The highest BCUT2D eigenvalue weighted by molar-refractivity contribution is 6.05. The van der Waals surface area contributed by atoms with Crippen LogP contribution in [0.4, 0.5) is 41.1 Å². The first-order valence-electron chi connectivity index (χ1n) is 17.2. The smallest absolute Gasteiger partial charge is 0.258 e. The van der Waals surface area contributed by atoms with E-state index in [9.17, 15) is 4.79 Å². The van der Waals surface area contributed by atoms with Crippen LogP contribution in [0.25, 0.3) is 21.7 Å². The molecule has 8 rings (SSSR count). The third-order valence-corrected chi connectivity index (χ3v) is 8.51. The third-order valence-electron chi connectivity index (χ3n) is 8.51. The summed E-state index contributed by atoms with van der Waals surface area (Å²) in [6, 6.07) is 38.3. The van der Waals surface area contributed by atoms with Crippen molar-refractivity contribution in [1.29, 1.82) is 0 Å². The minimum Gasteiger partial charge on any atom is -0.353 e. The zero-order valence-corrected chi connectivity index (χ0v) is 28.6. The van der Waals surface area contributed by atoms with Crippen LogP contribution >= 0.6 is 0 Å². The maximum absolute atomic E-state index is 13.5. The number of fused-ring (bicyclic) bond motifs is 3. The van der Waals surface area contributed by atoms with E-state index in [-0.39, 0.29) is 5.56 Å². The molecule has 2 aromatic carbocycles. The molecule has 8 aromatic rings. The van der Waals surface area contributed by atoms with Crippen molar-refractivity contribution in [3.05, 3.63) is 156 Å². The second kappa shape index (κ2) is 15.4. The largest absolute Gasteiger partial charge is 0.353 e. The second-order valence-electron chi connectivity index (χ2n) is 11.9. The summed E-state index contributed by atoms with van der Waals surface area (Å²) >= 11 is 0. The number of benzene rings is 2. The van der Waals surface area contributed by atoms with Gasteiger partial charge in [0.15, 0.2) is 0 Å². The highest BCUT2D eigenvalue weighted by Crippen LogP contribution is 2.34. The number of rotatable bonds is 13. The predicted octanol–water partition coefficient (Wildman–Crippen LogP) is 6.56. The Kier molecular flexibility index (Phi) is 9.61. The molecule has 0 saturated heterocycles. The summed E-state index contributed by atoms with van der Waals surface area (Å²) < 4.78 is 1.84. The lowest BCUT2D eigenvalue weighted by Crippen LogP contribution is -2.30. The molecule has 2 N–H and O–H groups in total. The van der Waals surface area contributed by atoms with Crippen LogP contribution in [0.3, 0.4) is 0 Å². The van der Waals surface area contributed by atoms with E-state index < -0.39 is 0 Å². The summed E-state index contributed by atoms with van der Waals surface area (Å²) in [5.41, 5.74) is 0.914. The Balaban J connectivity index is 1.08. The fraction of sp³-hybridized carbons (Fsp3) is 0.100. The van der Waals surface area contributed by atoms with E-state index in [0.717, 1.165) is 16.3 Å². The van der Waals surface area contributed by atoms with E-state index in [1.165, 1.54) is 0 Å². The van der Waals surface area contributed by atoms with Gasteiger partial charge in [0.1, 0.15) is 23.3 Å². The molecule has 0 aliphatic carbocycles. The molecule has 260 valence electrons. The highest BCUT2D eigenvalue weighted by Gasteiger charge is 2.24. The predicted molar refractivity (Wildman–Crippen MR) is 207 cm³/mol. The van der Waals surface area contributed by atoms with E-state index in [2.05, 4.69) is 36.6 Å². The molecule has 13 heteroatoms. The van der Waals surface area contributed by atoms with Gasteiger partial charge in [0, 0.05) is 61.7 Å². The second-order valence-corrected chi connectivity index (χ2v) is 11.9. The van der Waals surface area contributed by atoms with Crippen molar-refractivity contribution in [2.45, 2.75) is 6.54 Å². The Morgan fingerprint density at radius 2 is 0.962 bits per heavy atom. The van der Waals surface area contributed by atoms with Crippen molar-refractivity contribution in [3.8, 4) is 0 Å². The molecule has 0 saturated carbocycles. The topological polar surface area (TPSA) is 143 Å². The SMILES string of the molecule is O=c1c2ccccc2c2ccccc2n1CCNCCNc1nc(N(c2ccccn2)c2ccccn2)nc(N(c2ccccn2)c2ccccn2)n1. The van der Waals surface area contributed by atoms with Gasteiger partial charge < -0.3 is 15.2 Å². The van der Waals surface area contributed by atoms with Gasteiger partial charge in [-0.05, 0) is 66.0 Å². The van der Waals surface area contributed by atoms with E-state index in [0.29, 0.717) is 72.7 Å². The minimum absolute atomic E-state index is 0.000186. The van der Waals surface area contributed by atoms with Crippen molar-refractivity contribution in [3.63, 3.8) is 0 Å². The third kappa shape index (κ3) is 7.09. The van der Waals surface area contributed by atoms with E-state index in [1.807, 2.05) is 120 Å². The molecule has 6 aromatic heterocycles. The standard InChI is InChI=1S/C40H34N12O/c53-37-31-15-2-1-13-29(31)30-14-3-4-16-32(30)50(37)28-27-41-25-26-46-38-47-39(51(33-17-5-9-21-42-33)34-18-6-10-22-43-34)49-40(48-38)52(35-19-7-11-23-44-35)36-20-8-12-24-45-36/h1-24,41H,25-28H2,(H,46,47,48,49). The van der Waals surface area contributed by atoms with Crippen LogP contribution in [-0.4, -0.2) is 59.1 Å². The Labute approximate surface area is 304 Å². The summed E-state index contributed by atoms with van der Waals surface area (Å²) in [6.45, 7) is 2.15. The van der Waals surface area contributed by atoms with E-state index in [1.54, 1.807) is 34.6 Å². The van der Waals surface area contributed by atoms with Crippen molar-refractivity contribution < 1.29 is 0 Å². The van der Waals surface area contributed by atoms with Crippen LogP contribution in [0.2, 0.25) is 0 Å². The maximum Gasteiger partial charge on any atom is 0.258 e. The molecule has 0 unspecified atom stereocenters. The monoisotopic (exact) mass is 698 g/mol. The number of anilines is 7. The lowest BCUT2D eigenvalue weighted by molar-refractivity contribution is 0.608. The van der Waals surface area contributed by atoms with Crippen LogP contribution in [-0.2, 0) is 6.54 Å². The molecule has 0 fully saturated rings. The summed E-state index contributed by atoms with van der Waals surface area (Å²) in [7, 11) is 0. The Morgan fingerprint density at radius 1 is 0.491 bits per heavy atom. The Morgan fingerprint density at radius 3 is 1.47 bits per heavy atom. The first-order chi connectivity index (χ1) is 26.2. The van der Waals surface area contributed by atoms with Gasteiger partial charge in [-0.25, -0.2) is 29.7 Å². The van der Waals surface area contributed by atoms with Gasteiger partial charge in [-0.3, -0.25) is 4.79 Å². The van der Waals surface area contributed by atoms with Gasteiger partial charge in [-0.2, -0.15) is 15.0 Å². The first kappa shape index (κ1) is 33.0. The molecular formula is C40H34N12O. The number of nitrogens with one attached hydrogen (secondary N) is 2. The van der Waals surface area contributed by atoms with Gasteiger partial charge in [0.05, 0.1) is 5.52 Å². The number of hydrogen-bond acceptors (Lipinski definition) is 12. The number of aromatic nitrogens is 8. The summed E-state index contributed by atoms with van der Waals surface area (Å²) in [6.07, 6.45) is 6.84. The fourth-order valence-electron chi connectivity index (χ4n) is 6.12. The van der Waals surface area contributed by atoms with Crippen LogP contribution in [0.5, 0.6) is 0 Å². The van der Waals surface area contributed by atoms with Crippen LogP contribution < -0.4 is 26.0 Å². The van der Waals surface area contributed by atoms with Gasteiger partial charge in [0.25, 0.3) is 5.56 Å². The molecule has 0 aliphatic heterocycles. The number of para-hydroxylation sites is 1. The summed E-state index contributed by atoms with van der Waals surface area (Å²) in [5.74, 6) is 3.23. The zero-order valence-electron chi connectivity index (χ0n) is 28.6. The number of hydrogen-bond donors (Lipinski definition) is 2. The average molecular weight is 699 g/mol. The van der Waals surface area contributed by atoms with Crippen LogP contribution in [0.1, 0.15) is 0 Å². The zero-order chi connectivity index (χ0) is 35.8. The molecule has 0 spiro atoms. The Bertz CT molecular complexity index is 2320. The van der Waals surface area contributed by atoms with Crippen molar-refractivity contribution in [1.82, 2.24) is 44.8 Å². The van der Waals surface area contributed by atoms with Crippen LogP contribution in [0.15, 0.2) is 151 Å². The van der Waals surface area contributed by atoms with Gasteiger partial charge in [-0.1, -0.05) is 60.7 Å². The molecule has 0 aliphatic rings. The number of nitrogens with zero attached hydrogens (tertiary/aromatic N) is 10. The summed E-state index contributed by atoms with van der Waals surface area (Å²) in [4.78, 5) is 50.2. The molecule has 0 amide bonds. The van der Waals surface area contributed by atoms with Gasteiger partial charge in [-0.15, -0.1) is 0 Å². The Hall–Kier alpha value is -7.12. The molecule has 0 bridgehead atoms. The van der Waals surface area contributed by atoms with Crippen molar-refractivity contribution in [2.75, 3.05) is 34.8 Å². The summed E-state index contributed by atoms with van der Waals surface area (Å²) in [5, 5.41) is 9.58. The molecule has 6 heterocycles. The van der Waals surface area contributed by atoms with E-state index >= 15 is 0 Å². The van der Waals surface area contributed by atoms with E-state index in [4.69, 9.17) is 15.0 Å². The molecular weight excluding hydrogens is 665 g/mol. The highest BCUT2D eigenvalue weighted by atomic mass is 16.1.